The second-order valence-electron chi connectivity index (χ2n) is 5.51. The molecule has 21 heavy (non-hydrogen) atoms. The van der Waals surface area contributed by atoms with Crippen molar-refractivity contribution in [1.29, 1.82) is 0 Å². The zero-order valence-corrected chi connectivity index (χ0v) is 13.2. The fourth-order valence-electron chi connectivity index (χ4n) is 3.07. The number of nitrogens with zero attached hydrogens (tertiary/aromatic N) is 2. The molecule has 1 N–H and O–H groups in total. The van der Waals surface area contributed by atoms with Crippen LogP contribution >= 0.6 is 15.9 Å². The van der Waals surface area contributed by atoms with Gasteiger partial charge in [-0.2, -0.15) is 0 Å². The lowest BCUT2D eigenvalue weighted by atomic mass is 10.1. The predicted octanol–water partition coefficient (Wildman–Crippen LogP) is 4.21. The van der Waals surface area contributed by atoms with Crippen molar-refractivity contribution in [3.05, 3.63) is 59.1 Å². The Hall–Kier alpha value is -1.65. The van der Waals surface area contributed by atoms with E-state index in [1.165, 1.54) is 35.0 Å². The van der Waals surface area contributed by atoms with Crippen LogP contribution in [-0.2, 0) is 0 Å². The first-order valence-corrected chi connectivity index (χ1v) is 8.06. The average Bonchev–Trinajstić information content (AvgIpc) is 3.17. The number of aromatic nitrogens is 2. The molecule has 1 unspecified atom stereocenters. The Morgan fingerprint density at radius 1 is 1.14 bits per heavy atom. The minimum Gasteiger partial charge on any atom is -0.309 e. The monoisotopic (exact) mass is 341 g/mol. The van der Waals surface area contributed by atoms with Crippen LogP contribution in [0.3, 0.4) is 0 Å². The summed E-state index contributed by atoms with van der Waals surface area (Å²) in [7, 11) is 0. The summed E-state index contributed by atoms with van der Waals surface area (Å²) in [5.74, 6) is 0. The number of imidazole rings is 1. The molecule has 2 heterocycles. The summed E-state index contributed by atoms with van der Waals surface area (Å²) in [6.07, 6.45) is 6.32. The van der Waals surface area contributed by atoms with Gasteiger partial charge < -0.3 is 9.88 Å². The highest BCUT2D eigenvalue weighted by molar-refractivity contribution is 9.10. The minimum absolute atomic E-state index is 0.424. The highest BCUT2D eigenvalue weighted by Gasteiger charge is 2.20. The Kier molecular flexibility index (Phi) is 3.28. The van der Waals surface area contributed by atoms with Crippen molar-refractivity contribution in [2.75, 3.05) is 6.54 Å². The highest BCUT2D eigenvalue weighted by atomic mass is 79.9. The predicted molar refractivity (Wildman–Crippen MR) is 88.7 cm³/mol. The van der Waals surface area contributed by atoms with Gasteiger partial charge >= 0.3 is 0 Å². The molecule has 106 valence electrons. The van der Waals surface area contributed by atoms with E-state index in [9.17, 15) is 0 Å². The molecule has 1 aliphatic rings. The lowest BCUT2D eigenvalue weighted by Crippen LogP contribution is -2.16. The summed E-state index contributed by atoms with van der Waals surface area (Å²) >= 11 is 3.52. The zero-order chi connectivity index (χ0) is 14.2. The van der Waals surface area contributed by atoms with E-state index in [0.717, 1.165) is 11.0 Å². The minimum atomic E-state index is 0.424. The van der Waals surface area contributed by atoms with E-state index in [0.29, 0.717) is 6.04 Å². The summed E-state index contributed by atoms with van der Waals surface area (Å²) < 4.78 is 3.31. The molecular formula is C17H16BrN3. The van der Waals surface area contributed by atoms with Crippen molar-refractivity contribution in [2.45, 2.75) is 18.9 Å². The van der Waals surface area contributed by atoms with Gasteiger partial charge in [0.15, 0.2) is 0 Å². The van der Waals surface area contributed by atoms with Crippen LogP contribution in [0.4, 0.5) is 0 Å². The smallest absolute Gasteiger partial charge is 0.0994 e. The van der Waals surface area contributed by atoms with Gasteiger partial charge in [-0.05, 0) is 54.4 Å². The first-order valence-electron chi connectivity index (χ1n) is 7.26. The maximum Gasteiger partial charge on any atom is 0.0994 e. The summed E-state index contributed by atoms with van der Waals surface area (Å²) in [5.41, 5.74) is 2.43. The van der Waals surface area contributed by atoms with Crippen LogP contribution in [0.2, 0.25) is 0 Å². The molecule has 1 saturated heterocycles. The third-order valence-corrected chi connectivity index (χ3v) is 4.64. The molecule has 3 aromatic rings. The van der Waals surface area contributed by atoms with Crippen molar-refractivity contribution in [3.63, 3.8) is 0 Å². The van der Waals surface area contributed by atoms with E-state index >= 15 is 0 Å². The van der Waals surface area contributed by atoms with Crippen LogP contribution in [0.5, 0.6) is 0 Å². The van der Waals surface area contributed by atoms with Crippen molar-refractivity contribution in [2.24, 2.45) is 0 Å². The van der Waals surface area contributed by atoms with Crippen molar-refractivity contribution in [1.82, 2.24) is 14.9 Å². The van der Waals surface area contributed by atoms with Crippen LogP contribution < -0.4 is 5.32 Å². The van der Waals surface area contributed by atoms with Gasteiger partial charge in [0.1, 0.15) is 0 Å². The Morgan fingerprint density at radius 3 is 2.86 bits per heavy atom. The molecule has 4 rings (SSSR count). The first-order chi connectivity index (χ1) is 10.3. The highest BCUT2D eigenvalue weighted by Crippen LogP contribution is 2.27. The number of fused-ring (bicyclic) bond motifs is 1. The Morgan fingerprint density at radius 2 is 2.00 bits per heavy atom. The molecule has 0 saturated carbocycles. The second-order valence-corrected chi connectivity index (χ2v) is 6.43. The summed E-state index contributed by atoms with van der Waals surface area (Å²) in [5, 5.41) is 6.04. The molecule has 0 bridgehead atoms. The average molecular weight is 342 g/mol. The Balaban J connectivity index is 1.79. The van der Waals surface area contributed by atoms with Crippen LogP contribution in [0.25, 0.3) is 16.5 Å². The van der Waals surface area contributed by atoms with E-state index in [1.807, 2.05) is 12.5 Å². The van der Waals surface area contributed by atoms with Gasteiger partial charge in [0, 0.05) is 16.2 Å². The molecule has 2 aromatic carbocycles. The third kappa shape index (κ3) is 2.39. The van der Waals surface area contributed by atoms with Crippen LogP contribution in [0, 0.1) is 0 Å². The van der Waals surface area contributed by atoms with Gasteiger partial charge in [0.05, 0.1) is 18.2 Å². The topological polar surface area (TPSA) is 29.9 Å². The molecule has 1 atom stereocenters. The number of benzene rings is 2. The second kappa shape index (κ2) is 5.28. The van der Waals surface area contributed by atoms with Gasteiger partial charge in [0.2, 0.25) is 0 Å². The van der Waals surface area contributed by atoms with Crippen LogP contribution in [0.1, 0.15) is 24.6 Å². The number of nitrogens with one attached hydrogen (secondary N) is 1. The van der Waals surface area contributed by atoms with E-state index in [4.69, 9.17) is 0 Å². The molecule has 0 radical (unpaired) electrons. The van der Waals surface area contributed by atoms with E-state index in [-0.39, 0.29) is 0 Å². The molecule has 1 aromatic heterocycles. The number of halogens is 1. The van der Waals surface area contributed by atoms with Crippen molar-refractivity contribution >= 4 is 26.7 Å². The summed E-state index contributed by atoms with van der Waals surface area (Å²) in [4.78, 5) is 4.35. The molecule has 1 aliphatic heterocycles. The van der Waals surface area contributed by atoms with Crippen LogP contribution in [-0.4, -0.2) is 16.1 Å². The van der Waals surface area contributed by atoms with Gasteiger partial charge in [0.25, 0.3) is 0 Å². The SMILES string of the molecule is Brc1ccc2cc(-n3cncc3C3CCCN3)ccc2c1. The van der Waals surface area contributed by atoms with Gasteiger partial charge in [-0.3, -0.25) is 0 Å². The maximum absolute atomic E-state index is 4.35. The molecule has 1 fully saturated rings. The quantitative estimate of drug-likeness (QED) is 0.756. The van der Waals surface area contributed by atoms with Crippen LogP contribution in [0.15, 0.2) is 53.4 Å². The number of hydrogen-bond donors (Lipinski definition) is 1. The molecule has 3 nitrogen and oxygen atoms in total. The van der Waals surface area contributed by atoms with E-state index in [1.54, 1.807) is 0 Å². The molecular weight excluding hydrogens is 326 g/mol. The largest absolute Gasteiger partial charge is 0.309 e. The Labute approximate surface area is 132 Å². The molecule has 0 amide bonds. The van der Waals surface area contributed by atoms with E-state index in [2.05, 4.69) is 67.2 Å². The van der Waals surface area contributed by atoms with Crippen molar-refractivity contribution in [3.8, 4) is 5.69 Å². The number of hydrogen-bond acceptors (Lipinski definition) is 2. The first kappa shape index (κ1) is 13.0. The van der Waals surface area contributed by atoms with Gasteiger partial charge in [-0.1, -0.05) is 28.1 Å². The van der Waals surface area contributed by atoms with Crippen molar-refractivity contribution < 1.29 is 0 Å². The fraction of sp³-hybridized carbons (Fsp3) is 0.235. The molecule has 4 heteroatoms. The molecule has 0 aliphatic carbocycles. The molecule has 0 spiro atoms. The summed E-state index contributed by atoms with van der Waals surface area (Å²) in [6.45, 7) is 1.10. The Bertz CT molecular complexity index is 788. The van der Waals surface area contributed by atoms with Gasteiger partial charge in [-0.15, -0.1) is 0 Å². The standard InChI is InChI=1S/C17H16BrN3/c18-14-5-3-13-9-15(6-4-12(13)8-14)21-11-19-10-17(21)16-2-1-7-20-16/h3-6,8-11,16,20H,1-2,7H2. The van der Waals surface area contributed by atoms with E-state index < -0.39 is 0 Å². The lowest BCUT2D eigenvalue weighted by Gasteiger charge is -2.14. The lowest BCUT2D eigenvalue weighted by molar-refractivity contribution is 0.615. The number of rotatable bonds is 2. The maximum atomic E-state index is 4.35. The van der Waals surface area contributed by atoms with Gasteiger partial charge in [-0.25, -0.2) is 4.98 Å². The normalized spacial score (nSPS) is 18.4. The zero-order valence-electron chi connectivity index (χ0n) is 11.6. The summed E-state index contributed by atoms with van der Waals surface area (Å²) in [6, 6.07) is 13.4. The fourth-order valence-corrected chi connectivity index (χ4v) is 3.45. The third-order valence-electron chi connectivity index (χ3n) is 4.15.